The Labute approximate surface area is 432 Å². The average molecular weight is 1050 g/mol. The van der Waals surface area contributed by atoms with E-state index in [2.05, 4.69) is 143 Å². The van der Waals surface area contributed by atoms with Gasteiger partial charge in [-0.15, -0.1) is 0 Å². The molecule has 0 bridgehead atoms. The molecule has 350 valence electrons. The number of carbonyl (C=O) groups excluding carboxylic acids is 2. The monoisotopic (exact) mass is 1040 g/mol. The van der Waals surface area contributed by atoms with E-state index >= 15 is 9.59 Å². The van der Waals surface area contributed by atoms with Crippen LogP contribution in [0, 0.1) is 0 Å². The number of hydrogen-bond donors (Lipinski definition) is 0. The number of hydrogen-bond acceptors (Lipinski definition) is 2. The minimum atomic E-state index is 0.0181. The van der Waals surface area contributed by atoms with Crippen molar-refractivity contribution in [1.29, 1.82) is 0 Å². The number of halogens is 2. The minimum Gasteiger partial charge on any atom is -0.289 e. The number of ketones is 2. The lowest BCUT2D eigenvalue weighted by molar-refractivity contribution is -0.109. The summed E-state index contributed by atoms with van der Waals surface area (Å²) in [6.07, 6.45) is 9.44. The van der Waals surface area contributed by atoms with E-state index in [0.717, 1.165) is 90.3 Å². The highest BCUT2D eigenvalue weighted by Crippen LogP contribution is 2.52. The van der Waals surface area contributed by atoms with Gasteiger partial charge >= 0.3 is 0 Å². The molecule has 0 N–H and O–H groups in total. The summed E-state index contributed by atoms with van der Waals surface area (Å²) >= 11 is 7.16. The van der Waals surface area contributed by atoms with E-state index in [1.165, 1.54) is 49.7 Å². The zero-order chi connectivity index (χ0) is 48.4. The predicted octanol–water partition coefficient (Wildman–Crippen LogP) is 18.0. The summed E-state index contributed by atoms with van der Waals surface area (Å²) in [5, 5.41) is 2.08. The fourth-order valence-electron chi connectivity index (χ4n) is 10.4. The van der Waals surface area contributed by atoms with Crippen LogP contribution in [0.2, 0.25) is 0 Å². The lowest BCUT2D eigenvalue weighted by atomic mass is 9.86. The zero-order valence-corrected chi connectivity index (χ0v) is 43.4. The van der Waals surface area contributed by atoms with Crippen molar-refractivity contribution in [2.45, 2.75) is 77.0 Å². The fourth-order valence-corrected chi connectivity index (χ4v) is 11.2. The molecule has 0 radical (unpaired) electrons. The number of rotatable bonds is 20. The van der Waals surface area contributed by atoms with Gasteiger partial charge in [-0.05, 0) is 93.2 Å². The SMILES string of the molecule is CC(CCCCCBr)c1ccc(C2=C(c3ccc(C4=C(c5ccc(C(C)CCCCCBr)cc5)C(=O)C(c5ccccc5)=C4c4ccccc4)cc3)C(c3ccccc3)=C(c3ccccc3)C2=O)cc1. The van der Waals surface area contributed by atoms with Crippen LogP contribution in [0.15, 0.2) is 194 Å². The lowest BCUT2D eigenvalue weighted by Crippen LogP contribution is -2.03. The van der Waals surface area contributed by atoms with Gasteiger partial charge in [0.1, 0.15) is 0 Å². The summed E-state index contributed by atoms with van der Waals surface area (Å²) in [7, 11) is 0. The first-order chi connectivity index (χ1) is 34.4. The van der Waals surface area contributed by atoms with Crippen molar-refractivity contribution >= 4 is 88.0 Å². The Balaban J connectivity index is 1.21. The summed E-state index contributed by atoms with van der Waals surface area (Å²) in [5.41, 5.74) is 16.5. The maximum atomic E-state index is 15.4. The van der Waals surface area contributed by atoms with E-state index in [9.17, 15) is 0 Å². The molecular weight excluding hydrogens is 985 g/mol. The second kappa shape index (κ2) is 23.1. The number of unbranched alkanes of at least 4 members (excludes halogenated alkanes) is 4. The summed E-state index contributed by atoms with van der Waals surface area (Å²) in [5.74, 6) is 0.873. The van der Waals surface area contributed by atoms with Gasteiger partial charge in [-0.1, -0.05) is 266 Å². The Morgan fingerprint density at radius 1 is 0.286 bits per heavy atom. The van der Waals surface area contributed by atoms with Gasteiger partial charge in [0.25, 0.3) is 0 Å². The highest BCUT2D eigenvalue weighted by molar-refractivity contribution is 9.09. The van der Waals surface area contributed by atoms with E-state index < -0.39 is 0 Å². The van der Waals surface area contributed by atoms with Gasteiger partial charge in [-0.2, -0.15) is 0 Å². The van der Waals surface area contributed by atoms with E-state index in [1.54, 1.807) is 0 Å². The summed E-state index contributed by atoms with van der Waals surface area (Å²) in [4.78, 5) is 30.7. The molecule has 7 aromatic carbocycles. The minimum absolute atomic E-state index is 0.0181. The highest BCUT2D eigenvalue weighted by atomic mass is 79.9. The molecular formula is C66H60Br2O2. The smallest absolute Gasteiger partial charge is 0.195 e. The van der Waals surface area contributed by atoms with Crippen molar-refractivity contribution in [3.63, 3.8) is 0 Å². The first kappa shape index (κ1) is 48.8. The van der Waals surface area contributed by atoms with E-state index in [1.807, 2.05) is 97.1 Å². The molecule has 0 aliphatic heterocycles. The van der Waals surface area contributed by atoms with E-state index in [4.69, 9.17) is 0 Å². The molecule has 2 aliphatic carbocycles. The molecule has 0 fully saturated rings. The maximum Gasteiger partial charge on any atom is 0.195 e. The van der Waals surface area contributed by atoms with Crippen LogP contribution >= 0.6 is 31.9 Å². The molecule has 4 heteroatoms. The molecule has 0 aromatic heterocycles. The highest BCUT2D eigenvalue weighted by Gasteiger charge is 2.38. The third-order valence-electron chi connectivity index (χ3n) is 14.2. The Hall–Kier alpha value is -6.20. The number of carbonyl (C=O) groups is 2. The van der Waals surface area contributed by atoms with Crippen LogP contribution in [0.4, 0.5) is 0 Å². The molecule has 2 atom stereocenters. The van der Waals surface area contributed by atoms with Crippen LogP contribution in [-0.4, -0.2) is 22.2 Å². The van der Waals surface area contributed by atoms with Gasteiger partial charge < -0.3 is 0 Å². The van der Waals surface area contributed by atoms with Crippen LogP contribution in [-0.2, 0) is 9.59 Å². The van der Waals surface area contributed by atoms with Crippen molar-refractivity contribution in [1.82, 2.24) is 0 Å². The Kier molecular flexibility index (Phi) is 16.1. The molecule has 0 amide bonds. The molecule has 2 unspecified atom stereocenters. The molecule has 7 aromatic rings. The lowest BCUT2D eigenvalue weighted by Gasteiger charge is -2.17. The summed E-state index contributed by atoms with van der Waals surface area (Å²) < 4.78 is 0. The van der Waals surface area contributed by atoms with Crippen LogP contribution < -0.4 is 0 Å². The Morgan fingerprint density at radius 2 is 0.514 bits per heavy atom. The maximum absolute atomic E-state index is 15.4. The zero-order valence-electron chi connectivity index (χ0n) is 40.3. The topological polar surface area (TPSA) is 34.1 Å². The second-order valence-electron chi connectivity index (χ2n) is 18.8. The molecule has 2 nitrogen and oxygen atoms in total. The van der Waals surface area contributed by atoms with Crippen LogP contribution in [0.5, 0.6) is 0 Å². The Bertz CT molecular complexity index is 2840. The van der Waals surface area contributed by atoms with Gasteiger partial charge in [0, 0.05) is 55.2 Å². The van der Waals surface area contributed by atoms with Gasteiger partial charge in [0.05, 0.1) is 0 Å². The molecule has 0 saturated heterocycles. The second-order valence-corrected chi connectivity index (χ2v) is 20.4. The largest absolute Gasteiger partial charge is 0.289 e. The molecule has 2 aliphatic rings. The standard InChI is InChI=1S/C66H60Br2O2/c1-45(21-9-7-19-43-67)47-31-35-55(36-32-47)63-59(57(49-23-11-3-12-24-49)61(65(63)69)51-27-15-5-16-28-51)53-39-41-54(42-40-53)60-58(50-25-13-4-14-26-50)62(52-29-17-6-18-30-52)66(70)64(60)56-37-33-48(34-38-56)46(2)22-10-8-20-44-68/h3-6,11-18,23-42,45-46H,7-10,19-22,43-44H2,1-2H3. The molecule has 0 spiro atoms. The number of benzene rings is 7. The van der Waals surface area contributed by atoms with Crippen LogP contribution in [0.1, 0.15) is 133 Å². The normalized spacial score (nSPS) is 14.9. The fraction of sp³-hybridized carbons (Fsp3) is 0.212. The molecule has 0 heterocycles. The number of Topliss-reactive ketones (excluding diaryl/α,β-unsaturated/α-hetero) is 2. The van der Waals surface area contributed by atoms with Crippen LogP contribution in [0.25, 0.3) is 44.6 Å². The predicted molar refractivity (Wildman–Crippen MR) is 304 cm³/mol. The van der Waals surface area contributed by atoms with Crippen molar-refractivity contribution in [3.8, 4) is 0 Å². The van der Waals surface area contributed by atoms with Crippen molar-refractivity contribution in [3.05, 3.63) is 250 Å². The molecule has 9 rings (SSSR count). The molecule has 0 saturated carbocycles. The van der Waals surface area contributed by atoms with Crippen molar-refractivity contribution in [2.24, 2.45) is 0 Å². The van der Waals surface area contributed by atoms with E-state index in [0.29, 0.717) is 34.1 Å². The van der Waals surface area contributed by atoms with Gasteiger partial charge in [-0.3, -0.25) is 9.59 Å². The Morgan fingerprint density at radius 3 is 0.786 bits per heavy atom. The molecule has 70 heavy (non-hydrogen) atoms. The third kappa shape index (κ3) is 10.5. The third-order valence-corrected chi connectivity index (χ3v) is 15.3. The first-order valence-corrected chi connectivity index (χ1v) is 27.3. The van der Waals surface area contributed by atoms with Gasteiger partial charge in [0.2, 0.25) is 0 Å². The van der Waals surface area contributed by atoms with E-state index in [-0.39, 0.29) is 11.6 Å². The van der Waals surface area contributed by atoms with Crippen molar-refractivity contribution in [2.75, 3.05) is 10.7 Å². The van der Waals surface area contributed by atoms with Gasteiger partial charge in [0.15, 0.2) is 11.6 Å². The average Bonchev–Trinajstić information content (AvgIpc) is 3.90. The first-order valence-electron chi connectivity index (χ1n) is 25.1. The number of alkyl halides is 2. The summed E-state index contributed by atoms with van der Waals surface area (Å²) in [6.45, 7) is 4.62. The summed E-state index contributed by atoms with van der Waals surface area (Å²) in [6, 6.07) is 67.1. The number of allylic oxidation sites excluding steroid dienone is 8. The van der Waals surface area contributed by atoms with Crippen LogP contribution in [0.3, 0.4) is 0 Å². The van der Waals surface area contributed by atoms with Crippen molar-refractivity contribution < 1.29 is 9.59 Å². The van der Waals surface area contributed by atoms with Gasteiger partial charge in [-0.25, -0.2) is 0 Å². The quantitative estimate of drug-likeness (QED) is 0.0563.